The number of nitrogens with one attached hydrogen (secondary N) is 1. The molecule has 0 radical (unpaired) electrons. The topological polar surface area (TPSA) is 53.5 Å². The van der Waals surface area contributed by atoms with Crippen molar-refractivity contribution >= 4 is 11.6 Å². The van der Waals surface area contributed by atoms with Crippen LogP contribution in [0.2, 0.25) is 0 Å². The normalized spacial score (nSPS) is 35.2. The molecule has 0 amide bonds. The van der Waals surface area contributed by atoms with Gasteiger partial charge < -0.3 is 15.0 Å². The molecule has 0 spiro atoms. The van der Waals surface area contributed by atoms with Gasteiger partial charge in [0.25, 0.3) is 5.92 Å². The molecular formula is C23H35F2N5O. The summed E-state index contributed by atoms with van der Waals surface area (Å²) in [6, 6.07) is 4.95. The van der Waals surface area contributed by atoms with Crippen LogP contribution < -0.4 is 10.2 Å². The Balaban J connectivity index is 1.11. The Bertz CT molecular complexity index is 750. The number of ether oxygens (including phenoxy) is 1. The number of halogens is 2. The van der Waals surface area contributed by atoms with E-state index in [4.69, 9.17) is 4.74 Å². The molecule has 1 aliphatic carbocycles. The maximum Gasteiger partial charge on any atom is 0.251 e. The molecule has 4 aliphatic rings. The van der Waals surface area contributed by atoms with E-state index in [0.29, 0.717) is 31.0 Å². The lowest BCUT2D eigenvalue weighted by atomic mass is 9.93. The molecule has 172 valence electrons. The Labute approximate surface area is 183 Å². The fourth-order valence-electron chi connectivity index (χ4n) is 6.11. The SMILES string of the molecule is CC1(C)CC(N2C[C@H]3C[C@H](Nc4ccc(N5CCC(F)(F)CC5)nn4)C[C@H]3C2)CCO1. The van der Waals surface area contributed by atoms with Gasteiger partial charge in [-0.05, 0) is 63.5 Å². The summed E-state index contributed by atoms with van der Waals surface area (Å²) in [5.74, 6) is 0.456. The van der Waals surface area contributed by atoms with Crippen LogP contribution in [-0.2, 0) is 4.74 Å². The Hall–Kier alpha value is -1.54. The van der Waals surface area contributed by atoms with E-state index < -0.39 is 5.92 Å². The Morgan fingerprint density at radius 3 is 2.39 bits per heavy atom. The minimum atomic E-state index is -2.54. The number of hydrogen-bond donors (Lipinski definition) is 1. The Morgan fingerprint density at radius 2 is 1.77 bits per heavy atom. The van der Waals surface area contributed by atoms with E-state index in [1.54, 1.807) is 0 Å². The van der Waals surface area contributed by atoms with E-state index >= 15 is 0 Å². The molecule has 1 aromatic rings. The number of anilines is 2. The number of piperidine rings is 1. The first-order valence-electron chi connectivity index (χ1n) is 11.9. The standard InChI is InChI=1S/C23H35F2N5O/c1-22(2)13-19(5-10-31-22)30-14-16-11-18(12-17(16)15-30)26-20-3-4-21(28-27-20)29-8-6-23(24,25)7-9-29/h3-4,16-19H,5-15H2,1-2H3,(H,26,27)/t16-,17+,18+,19?. The highest BCUT2D eigenvalue weighted by atomic mass is 19.3. The van der Waals surface area contributed by atoms with Crippen LogP contribution in [0.1, 0.15) is 52.4 Å². The van der Waals surface area contributed by atoms with Gasteiger partial charge in [-0.15, -0.1) is 10.2 Å². The monoisotopic (exact) mass is 435 g/mol. The number of likely N-dealkylation sites (tertiary alicyclic amines) is 1. The predicted molar refractivity (Wildman–Crippen MR) is 117 cm³/mol. The lowest BCUT2D eigenvalue weighted by Gasteiger charge is -2.40. The molecule has 4 atom stereocenters. The van der Waals surface area contributed by atoms with Crippen LogP contribution in [0, 0.1) is 11.8 Å². The summed E-state index contributed by atoms with van der Waals surface area (Å²) < 4.78 is 32.6. The van der Waals surface area contributed by atoms with Crippen LogP contribution in [0.4, 0.5) is 20.4 Å². The molecule has 4 fully saturated rings. The minimum absolute atomic E-state index is 0.00457. The van der Waals surface area contributed by atoms with Crippen LogP contribution in [0.15, 0.2) is 12.1 Å². The van der Waals surface area contributed by atoms with E-state index in [1.165, 1.54) is 25.9 Å². The van der Waals surface area contributed by atoms with E-state index in [2.05, 4.69) is 34.3 Å². The van der Waals surface area contributed by atoms with Gasteiger partial charge in [-0.1, -0.05) is 0 Å². The van der Waals surface area contributed by atoms with Crippen molar-refractivity contribution in [3.8, 4) is 0 Å². The predicted octanol–water partition coefficient (Wildman–Crippen LogP) is 3.79. The summed E-state index contributed by atoms with van der Waals surface area (Å²) in [5.41, 5.74) is 0.00457. The third kappa shape index (κ3) is 4.80. The summed E-state index contributed by atoms with van der Waals surface area (Å²) >= 11 is 0. The first kappa shape index (κ1) is 21.3. The fourth-order valence-corrected chi connectivity index (χ4v) is 6.11. The lowest BCUT2D eigenvalue weighted by molar-refractivity contribution is -0.0811. The summed E-state index contributed by atoms with van der Waals surface area (Å²) in [6.07, 6.45) is 4.42. The van der Waals surface area contributed by atoms with Crippen molar-refractivity contribution in [3.05, 3.63) is 12.1 Å². The van der Waals surface area contributed by atoms with Crippen molar-refractivity contribution in [1.82, 2.24) is 15.1 Å². The highest BCUT2D eigenvalue weighted by Gasteiger charge is 2.44. The zero-order valence-corrected chi connectivity index (χ0v) is 18.7. The molecule has 3 aliphatic heterocycles. The number of fused-ring (bicyclic) bond motifs is 1. The number of alkyl halides is 2. The maximum atomic E-state index is 13.4. The van der Waals surface area contributed by atoms with Crippen LogP contribution >= 0.6 is 0 Å². The third-order valence-corrected chi connectivity index (χ3v) is 7.79. The molecule has 6 nitrogen and oxygen atoms in total. The second-order valence-corrected chi connectivity index (χ2v) is 10.7. The van der Waals surface area contributed by atoms with Crippen LogP contribution in [0.25, 0.3) is 0 Å². The minimum Gasteiger partial charge on any atom is -0.375 e. The van der Waals surface area contributed by atoms with Gasteiger partial charge in [-0.3, -0.25) is 4.90 Å². The van der Waals surface area contributed by atoms with E-state index in [9.17, 15) is 8.78 Å². The molecule has 8 heteroatoms. The number of hydrogen-bond acceptors (Lipinski definition) is 6. The van der Waals surface area contributed by atoms with Gasteiger partial charge in [0.1, 0.15) is 5.82 Å². The molecule has 0 aromatic carbocycles. The highest BCUT2D eigenvalue weighted by Crippen LogP contribution is 2.42. The molecule has 4 heterocycles. The molecule has 0 bridgehead atoms. The van der Waals surface area contributed by atoms with E-state index in [0.717, 1.165) is 37.1 Å². The molecule has 5 rings (SSSR count). The average molecular weight is 436 g/mol. The van der Waals surface area contributed by atoms with Gasteiger partial charge in [-0.2, -0.15) is 0 Å². The van der Waals surface area contributed by atoms with Crippen LogP contribution in [-0.4, -0.2) is 71.5 Å². The van der Waals surface area contributed by atoms with Gasteiger partial charge in [0.05, 0.1) is 5.60 Å². The second kappa shape index (κ2) is 8.10. The zero-order chi connectivity index (χ0) is 21.6. The Kier molecular flexibility index (Phi) is 5.57. The Morgan fingerprint density at radius 1 is 1.06 bits per heavy atom. The van der Waals surface area contributed by atoms with E-state index in [1.807, 2.05) is 17.0 Å². The third-order valence-electron chi connectivity index (χ3n) is 7.79. The molecule has 1 N–H and O–H groups in total. The molecular weight excluding hydrogens is 400 g/mol. The largest absolute Gasteiger partial charge is 0.375 e. The van der Waals surface area contributed by atoms with Crippen molar-refractivity contribution in [3.63, 3.8) is 0 Å². The van der Waals surface area contributed by atoms with Crippen molar-refractivity contribution in [2.75, 3.05) is 43.0 Å². The van der Waals surface area contributed by atoms with Crippen molar-refractivity contribution in [2.24, 2.45) is 11.8 Å². The van der Waals surface area contributed by atoms with Gasteiger partial charge in [0, 0.05) is 57.7 Å². The van der Waals surface area contributed by atoms with Gasteiger partial charge in [-0.25, -0.2) is 8.78 Å². The summed E-state index contributed by atoms with van der Waals surface area (Å²) in [5, 5.41) is 12.2. The van der Waals surface area contributed by atoms with Crippen LogP contribution in [0.3, 0.4) is 0 Å². The van der Waals surface area contributed by atoms with Crippen molar-refractivity contribution in [1.29, 1.82) is 0 Å². The van der Waals surface area contributed by atoms with Crippen molar-refractivity contribution in [2.45, 2.75) is 76.0 Å². The smallest absolute Gasteiger partial charge is 0.251 e. The first-order valence-corrected chi connectivity index (χ1v) is 11.9. The highest BCUT2D eigenvalue weighted by molar-refractivity contribution is 5.44. The second-order valence-electron chi connectivity index (χ2n) is 10.7. The molecule has 31 heavy (non-hydrogen) atoms. The molecule has 1 aromatic heterocycles. The number of rotatable bonds is 4. The average Bonchev–Trinajstić information content (AvgIpc) is 3.27. The summed E-state index contributed by atoms with van der Waals surface area (Å²) in [4.78, 5) is 4.62. The number of aromatic nitrogens is 2. The molecule has 3 saturated heterocycles. The fraction of sp³-hybridized carbons (Fsp3) is 0.826. The van der Waals surface area contributed by atoms with Gasteiger partial charge >= 0.3 is 0 Å². The van der Waals surface area contributed by atoms with Crippen molar-refractivity contribution < 1.29 is 13.5 Å². The summed E-state index contributed by atoms with van der Waals surface area (Å²) in [6.45, 7) is 8.37. The maximum absolute atomic E-state index is 13.4. The van der Waals surface area contributed by atoms with E-state index in [-0.39, 0.29) is 18.4 Å². The molecule has 1 unspecified atom stereocenters. The van der Waals surface area contributed by atoms with Crippen LogP contribution in [0.5, 0.6) is 0 Å². The quantitative estimate of drug-likeness (QED) is 0.777. The van der Waals surface area contributed by atoms with Gasteiger partial charge in [0.2, 0.25) is 0 Å². The van der Waals surface area contributed by atoms with Gasteiger partial charge in [0.15, 0.2) is 5.82 Å². The lowest BCUT2D eigenvalue weighted by Crippen LogP contribution is -2.45. The zero-order valence-electron chi connectivity index (χ0n) is 18.7. The number of nitrogens with zero attached hydrogens (tertiary/aromatic N) is 4. The molecule has 1 saturated carbocycles. The summed E-state index contributed by atoms with van der Waals surface area (Å²) in [7, 11) is 0. The first-order chi connectivity index (χ1) is 14.8.